The van der Waals surface area contributed by atoms with E-state index in [1.807, 2.05) is 32.0 Å². The van der Waals surface area contributed by atoms with Crippen LogP contribution in [0, 0.1) is 13.8 Å². The van der Waals surface area contributed by atoms with E-state index < -0.39 is 0 Å². The number of ether oxygens (including phenoxy) is 1. The van der Waals surface area contributed by atoms with Crippen molar-refractivity contribution in [2.75, 3.05) is 45.7 Å². The number of quaternary nitrogens is 1. The summed E-state index contributed by atoms with van der Waals surface area (Å²) in [5.74, 6) is 0.171. The van der Waals surface area contributed by atoms with Crippen LogP contribution in [-0.4, -0.2) is 62.0 Å². The summed E-state index contributed by atoms with van der Waals surface area (Å²) in [6.45, 7) is 5.17. The van der Waals surface area contributed by atoms with E-state index in [-0.39, 0.29) is 25.0 Å². The monoisotopic (exact) mass is 405 g/mol. The topological polar surface area (TPSA) is 76.0 Å². The lowest BCUT2D eigenvalue weighted by Gasteiger charge is -2.22. The van der Waals surface area contributed by atoms with Crippen LogP contribution >= 0.6 is 11.3 Å². The smallest absolute Gasteiger partial charge is 0.260 e. The lowest BCUT2D eigenvalue weighted by Crippen LogP contribution is -3.05. The minimum atomic E-state index is -0.251. The molecule has 8 heteroatoms. The van der Waals surface area contributed by atoms with Gasteiger partial charge >= 0.3 is 0 Å². The zero-order valence-electron chi connectivity index (χ0n) is 16.9. The van der Waals surface area contributed by atoms with Gasteiger partial charge in [-0.1, -0.05) is 18.2 Å². The molecule has 0 unspecified atom stereocenters. The average Bonchev–Trinajstić information content (AvgIpc) is 2.96. The molecule has 0 radical (unpaired) electrons. The van der Waals surface area contributed by atoms with E-state index in [0.29, 0.717) is 17.4 Å². The summed E-state index contributed by atoms with van der Waals surface area (Å²) >= 11 is 1.43. The van der Waals surface area contributed by atoms with Crippen LogP contribution in [0.4, 0.5) is 5.13 Å². The van der Waals surface area contributed by atoms with E-state index in [4.69, 9.17) is 4.74 Å². The number of amides is 2. The van der Waals surface area contributed by atoms with E-state index in [2.05, 4.69) is 24.4 Å². The third-order valence-corrected chi connectivity index (χ3v) is 5.16. The minimum Gasteiger partial charge on any atom is -0.484 e. The number of aromatic nitrogens is 1. The summed E-state index contributed by atoms with van der Waals surface area (Å²) in [4.78, 5) is 33.3. The van der Waals surface area contributed by atoms with Crippen LogP contribution in [-0.2, 0) is 9.59 Å². The fraction of sp³-hybridized carbons (Fsp3) is 0.450. The number of para-hydroxylation sites is 1. The molecule has 1 aromatic heterocycles. The highest BCUT2D eigenvalue weighted by atomic mass is 32.1. The lowest BCUT2D eigenvalue weighted by molar-refractivity contribution is -0.858. The molecular weight excluding hydrogens is 376 g/mol. The predicted octanol–water partition coefficient (Wildman–Crippen LogP) is 1.14. The number of hydrogen-bond donors (Lipinski definition) is 2. The van der Waals surface area contributed by atoms with Crippen molar-refractivity contribution in [3.05, 3.63) is 40.9 Å². The molecule has 2 rings (SSSR count). The Morgan fingerprint density at radius 1 is 1.21 bits per heavy atom. The molecule has 0 aliphatic carbocycles. The third-order valence-electron chi connectivity index (χ3n) is 4.17. The van der Waals surface area contributed by atoms with Crippen molar-refractivity contribution in [1.29, 1.82) is 0 Å². The Kier molecular flexibility index (Phi) is 8.41. The second-order valence-electron chi connectivity index (χ2n) is 6.94. The number of nitrogens with zero attached hydrogens (tertiary/aromatic N) is 2. The SMILES string of the molecule is Cc1nc(NC(=O)CN(CCC[NH+](C)C)C(=O)COc2ccccc2)sc1C. The van der Waals surface area contributed by atoms with Crippen molar-refractivity contribution in [1.82, 2.24) is 9.88 Å². The maximum atomic E-state index is 12.6. The second kappa shape index (κ2) is 10.8. The van der Waals surface area contributed by atoms with Crippen LogP contribution in [0.5, 0.6) is 5.75 Å². The highest BCUT2D eigenvalue weighted by molar-refractivity contribution is 7.15. The summed E-state index contributed by atoms with van der Waals surface area (Å²) in [5.41, 5.74) is 0.901. The lowest BCUT2D eigenvalue weighted by atomic mass is 10.3. The van der Waals surface area contributed by atoms with E-state index in [9.17, 15) is 9.59 Å². The molecule has 2 amide bonds. The van der Waals surface area contributed by atoms with Crippen molar-refractivity contribution >= 4 is 28.3 Å². The molecule has 2 N–H and O–H groups in total. The molecule has 0 atom stereocenters. The maximum Gasteiger partial charge on any atom is 0.260 e. The van der Waals surface area contributed by atoms with Gasteiger partial charge in [0, 0.05) is 17.8 Å². The number of hydrogen-bond acceptors (Lipinski definition) is 5. The van der Waals surface area contributed by atoms with Gasteiger partial charge in [-0.15, -0.1) is 11.3 Å². The van der Waals surface area contributed by atoms with Gasteiger partial charge in [0.25, 0.3) is 5.91 Å². The molecule has 0 spiro atoms. The van der Waals surface area contributed by atoms with Crippen LogP contribution in [0.1, 0.15) is 17.0 Å². The highest BCUT2D eigenvalue weighted by Crippen LogP contribution is 2.20. The van der Waals surface area contributed by atoms with Gasteiger partial charge in [0.15, 0.2) is 11.7 Å². The first-order valence-electron chi connectivity index (χ1n) is 9.33. The summed E-state index contributed by atoms with van der Waals surface area (Å²) in [7, 11) is 4.12. The van der Waals surface area contributed by atoms with Crippen LogP contribution in [0.25, 0.3) is 0 Å². The van der Waals surface area contributed by atoms with E-state index >= 15 is 0 Å². The van der Waals surface area contributed by atoms with Gasteiger partial charge in [-0.05, 0) is 26.0 Å². The summed E-state index contributed by atoms with van der Waals surface area (Å²) < 4.78 is 5.56. The standard InChI is InChI=1S/C20H28N4O3S/c1-15-16(2)28-20(21-15)22-18(25)13-24(12-8-11-23(3)4)19(26)14-27-17-9-6-5-7-10-17/h5-7,9-10H,8,11-14H2,1-4H3,(H,21,22,25)/p+1. The number of carbonyl (C=O) groups excluding carboxylic acids is 2. The Hall–Kier alpha value is -2.45. The Morgan fingerprint density at radius 2 is 1.93 bits per heavy atom. The van der Waals surface area contributed by atoms with Crippen molar-refractivity contribution in [3.8, 4) is 5.75 Å². The summed E-state index contributed by atoms with van der Waals surface area (Å²) in [5, 5.41) is 3.35. The van der Waals surface area contributed by atoms with E-state index in [1.165, 1.54) is 16.2 Å². The first kappa shape index (κ1) is 21.8. The van der Waals surface area contributed by atoms with Gasteiger partial charge in [0.05, 0.1) is 26.3 Å². The third kappa shape index (κ3) is 7.28. The Bertz CT molecular complexity index is 758. The predicted molar refractivity (Wildman–Crippen MR) is 111 cm³/mol. The number of aryl methyl sites for hydroxylation is 2. The molecule has 0 bridgehead atoms. The van der Waals surface area contributed by atoms with Crippen LogP contribution in [0.3, 0.4) is 0 Å². The molecule has 0 aliphatic rings. The Balaban J connectivity index is 1.94. The van der Waals surface area contributed by atoms with E-state index in [1.54, 1.807) is 17.0 Å². The molecule has 2 aromatic rings. The van der Waals surface area contributed by atoms with Crippen molar-refractivity contribution in [2.24, 2.45) is 0 Å². The largest absolute Gasteiger partial charge is 0.484 e. The van der Waals surface area contributed by atoms with Gasteiger partial charge in [0.1, 0.15) is 12.3 Å². The van der Waals surface area contributed by atoms with Crippen molar-refractivity contribution in [3.63, 3.8) is 0 Å². The quantitative estimate of drug-likeness (QED) is 0.622. The van der Waals surface area contributed by atoms with Gasteiger partial charge < -0.3 is 19.9 Å². The molecule has 0 fully saturated rings. The molecule has 7 nitrogen and oxygen atoms in total. The minimum absolute atomic E-state index is 0.0164. The molecule has 1 heterocycles. The van der Waals surface area contributed by atoms with Gasteiger partial charge in [-0.2, -0.15) is 0 Å². The summed E-state index contributed by atoms with van der Waals surface area (Å²) in [6.07, 6.45) is 0.808. The van der Waals surface area contributed by atoms with Gasteiger partial charge in [0.2, 0.25) is 5.91 Å². The number of thiazole rings is 1. The van der Waals surface area contributed by atoms with Crippen LogP contribution < -0.4 is 15.0 Å². The normalized spacial score (nSPS) is 10.8. The fourth-order valence-corrected chi connectivity index (χ4v) is 3.36. The molecule has 0 saturated heterocycles. The van der Waals surface area contributed by atoms with Gasteiger partial charge in [-0.3, -0.25) is 9.59 Å². The van der Waals surface area contributed by atoms with Crippen LogP contribution in [0.2, 0.25) is 0 Å². The van der Waals surface area contributed by atoms with Gasteiger partial charge in [-0.25, -0.2) is 4.98 Å². The first-order chi connectivity index (χ1) is 13.3. The molecule has 0 aliphatic heterocycles. The Morgan fingerprint density at radius 3 is 2.54 bits per heavy atom. The number of benzene rings is 1. The average molecular weight is 406 g/mol. The second-order valence-corrected chi connectivity index (χ2v) is 8.14. The molecule has 152 valence electrons. The number of nitrogens with one attached hydrogen (secondary N) is 2. The maximum absolute atomic E-state index is 12.6. The summed E-state index contributed by atoms with van der Waals surface area (Å²) in [6, 6.07) is 9.18. The van der Waals surface area contributed by atoms with Crippen LogP contribution in [0.15, 0.2) is 30.3 Å². The van der Waals surface area contributed by atoms with E-state index in [0.717, 1.165) is 23.5 Å². The van der Waals surface area contributed by atoms with Crippen molar-refractivity contribution in [2.45, 2.75) is 20.3 Å². The first-order valence-corrected chi connectivity index (χ1v) is 10.2. The fourth-order valence-electron chi connectivity index (χ4n) is 2.53. The zero-order chi connectivity index (χ0) is 20.5. The molecule has 1 aromatic carbocycles. The molecule has 28 heavy (non-hydrogen) atoms. The molecule has 0 saturated carbocycles. The number of carbonyl (C=O) groups is 2. The number of anilines is 1. The highest BCUT2D eigenvalue weighted by Gasteiger charge is 2.19. The van der Waals surface area contributed by atoms with Crippen molar-refractivity contribution < 1.29 is 19.2 Å². The number of rotatable bonds is 10. The zero-order valence-corrected chi connectivity index (χ0v) is 17.8. The Labute approximate surface area is 170 Å². The molecular formula is C20H29N4O3S+.